The predicted octanol–water partition coefficient (Wildman–Crippen LogP) is 5.86. The average Bonchev–Trinajstić information content (AvgIpc) is 2.77. The van der Waals surface area contributed by atoms with Crippen LogP contribution in [0.15, 0.2) is 33.5 Å². The van der Waals surface area contributed by atoms with Gasteiger partial charge in [0.2, 0.25) is 5.75 Å². The standard InChI is InChI=1S/C25H24ClF3O7/c1-2-5-15-17(30)12-14(20-21(25(27,28)29)22(33)24(34)36-23(15)20)6-3-4-9-35-18-8-7-13(10-16(18)26)11-19(31)32/h7-8,10,12,30,33H,2-6,9,11H2,1H3,(H,31,32). The maximum absolute atomic E-state index is 13.9. The minimum Gasteiger partial charge on any atom is -0.508 e. The van der Waals surface area contributed by atoms with E-state index in [1.165, 1.54) is 12.1 Å². The van der Waals surface area contributed by atoms with Crippen LogP contribution in [0.25, 0.3) is 11.0 Å². The third-order valence-electron chi connectivity index (χ3n) is 5.55. The molecule has 3 rings (SSSR count). The second-order valence-electron chi connectivity index (χ2n) is 8.24. The first-order chi connectivity index (χ1) is 16.9. The van der Waals surface area contributed by atoms with Gasteiger partial charge in [0.05, 0.1) is 18.1 Å². The molecule has 194 valence electrons. The second kappa shape index (κ2) is 11.1. The van der Waals surface area contributed by atoms with E-state index in [1.807, 2.05) is 0 Å². The maximum Gasteiger partial charge on any atom is 0.420 e. The molecular formula is C25H24ClF3O7. The number of hydrogen-bond acceptors (Lipinski definition) is 6. The SMILES string of the molecule is CCCc1c(O)cc(CCCCOc2ccc(CC(=O)O)cc2Cl)c2c(C(F)(F)F)c(O)c(=O)oc12. The molecule has 2 aromatic carbocycles. The van der Waals surface area contributed by atoms with Gasteiger partial charge in [0.15, 0.2) is 0 Å². The third-order valence-corrected chi connectivity index (χ3v) is 5.85. The number of hydrogen-bond donors (Lipinski definition) is 3. The Morgan fingerprint density at radius 2 is 1.86 bits per heavy atom. The van der Waals surface area contributed by atoms with Crippen LogP contribution < -0.4 is 10.4 Å². The highest BCUT2D eigenvalue weighted by Gasteiger charge is 2.39. The average molecular weight is 529 g/mol. The first-order valence-electron chi connectivity index (χ1n) is 11.2. The van der Waals surface area contributed by atoms with Gasteiger partial charge in [-0.3, -0.25) is 4.79 Å². The summed E-state index contributed by atoms with van der Waals surface area (Å²) in [5.74, 6) is -2.47. The summed E-state index contributed by atoms with van der Waals surface area (Å²) in [6.07, 6.45) is -3.75. The van der Waals surface area contributed by atoms with Gasteiger partial charge < -0.3 is 24.5 Å². The fourth-order valence-corrected chi connectivity index (χ4v) is 4.25. The molecule has 0 aliphatic carbocycles. The van der Waals surface area contributed by atoms with Crippen LogP contribution in [0.1, 0.15) is 48.4 Å². The molecule has 11 heteroatoms. The molecule has 0 aliphatic heterocycles. The zero-order valence-corrected chi connectivity index (χ0v) is 20.0. The second-order valence-corrected chi connectivity index (χ2v) is 8.65. The van der Waals surface area contributed by atoms with Crippen molar-refractivity contribution in [3.63, 3.8) is 0 Å². The number of aryl methyl sites for hydroxylation is 2. The molecule has 0 spiro atoms. The van der Waals surface area contributed by atoms with Crippen molar-refractivity contribution in [2.24, 2.45) is 0 Å². The highest BCUT2D eigenvalue weighted by atomic mass is 35.5. The molecule has 0 atom stereocenters. The number of rotatable bonds is 10. The molecule has 0 radical (unpaired) electrons. The number of benzene rings is 2. The van der Waals surface area contributed by atoms with Crippen LogP contribution in [0.4, 0.5) is 13.2 Å². The molecule has 0 fully saturated rings. The van der Waals surface area contributed by atoms with E-state index in [1.54, 1.807) is 19.1 Å². The van der Waals surface area contributed by atoms with Crippen molar-refractivity contribution in [1.82, 2.24) is 0 Å². The number of fused-ring (bicyclic) bond motifs is 1. The van der Waals surface area contributed by atoms with E-state index in [0.717, 1.165) is 0 Å². The number of carbonyl (C=O) groups is 1. The lowest BCUT2D eigenvalue weighted by Gasteiger charge is -2.17. The van der Waals surface area contributed by atoms with Crippen molar-refractivity contribution >= 4 is 28.5 Å². The molecule has 7 nitrogen and oxygen atoms in total. The zero-order valence-electron chi connectivity index (χ0n) is 19.2. The van der Waals surface area contributed by atoms with Crippen molar-refractivity contribution in [3.05, 3.63) is 62.0 Å². The van der Waals surface area contributed by atoms with Gasteiger partial charge in [-0.15, -0.1) is 0 Å². The van der Waals surface area contributed by atoms with E-state index in [4.69, 9.17) is 25.9 Å². The zero-order chi connectivity index (χ0) is 26.6. The van der Waals surface area contributed by atoms with Crippen molar-refractivity contribution in [1.29, 1.82) is 0 Å². The van der Waals surface area contributed by atoms with Gasteiger partial charge in [0.25, 0.3) is 0 Å². The fourth-order valence-electron chi connectivity index (χ4n) is 4.00. The van der Waals surface area contributed by atoms with Crippen LogP contribution in [-0.4, -0.2) is 27.9 Å². The molecule has 3 N–H and O–H groups in total. The summed E-state index contributed by atoms with van der Waals surface area (Å²) in [5, 5.41) is 29.0. The van der Waals surface area contributed by atoms with Crippen LogP contribution in [0.5, 0.6) is 17.2 Å². The number of halogens is 4. The summed E-state index contributed by atoms with van der Waals surface area (Å²) in [7, 11) is 0. The van der Waals surface area contributed by atoms with Crippen LogP contribution in [-0.2, 0) is 30.2 Å². The summed E-state index contributed by atoms with van der Waals surface area (Å²) >= 11 is 6.12. The molecule has 0 aliphatic rings. The Morgan fingerprint density at radius 3 is 2.47 bits per heavy atom. The van der Waals surface area contributed by atoms with E-state index < -0.39 is 34.5 Å². The largest absolute Gasteiger partial charge is 0.508 e. The molecule has 0 saturated heterocycles. The molecule has 3 aromatic rings. The van der Waals surface area contributed by atoms with E-state index >= 15 is 0 Å². The van der Waals surface area contributed by atoms with Gasteiger partial charge >= 0.3 is 17.8 Å². The van der Waals surface area contributed by atoms with Crippen molar-refractivity contribution < 1.29 is 42.4 Å². The quantitative estimate of drug-likeness (QED) is 0.223. The Kier molecular flexibility index (Phi) is 8.39. The number of phenols is 1. The van der Waals surface area contributed by atoms with Gasteiger partial charge in [-0.2, -0.15) is 13.2 Å². The number of carboxylic acid groups (broad SMARTS) is 1. The number of ether oxygens (including phenoxy) is 1. The number of unbranched alkanes of at least 4 members (excludes halogenated alkanes) is 1. The van der Waals surface area contributed by atoms with Crippen LogP contribution in [0.3, 0.4) is 0 Å². The molecule has 36 heavy (non-hydrogen) atoms. The Morgan fingerprint density at radius 1 is 1.14 bits per heavy atom. The van der Waals surface area contributed by atoms with E-state index in [2.05, 4.69) is 0 Å². The van der Waals surface area contributed by atoms with E-state index in [9.17, 15) is 33.0 Å². The summed E-state index contributed by atoms with van der Waals surface area (Å²) < 4.78 is 52.2. The van der Waals surface area contributed by atoms with Gasteiger partial charge in [0.1, 0.15) is 22.6 Å². The maximum atomic E-state index is 13.9. The first-order valence-corrected chi connectivity index (χ1v) is 11.6. The van der Waals surface area contributed by atoms with Crippen LogP contribution in [0, 0.1) is 0 Å². The summed E-state index contributed by atoms with van der Waals surface area (Å²) in [6.45, 7) is 1.93. The number of phenolic OH excluding ortho intramolecular Hbond substituents is 1. The smallest absolute Gasteiger partial charge is 0.420 e. The summed E-state index contributed by atoms with van der Waals surface area (Å²) in [4.78, 5) is 22.8. The number of aromatic hydroxyl groups is 2. The fraction of sp³-hybridized carbons (Fsp3) is 0.360. The topological polar surface area (TPSA) is 117 Å². The molecule has 0 amide bonds. The van der Waals surface area contributed by atoms with Crippen LogP contribution in [0.2, 0.25) is 5.02 Å². The first kappa shape index (κ1) is 27.2. The lowest BCUT2D eigenvalue weighted by molar-refractivity contribution is -0.138. The molecule has 0 saturated carbocycles. The normalized spacial score (nSPS) is 11.7. The number of alkyl halides is 3. The molecule has 0 bridgehead atoms. The molecule has 0 unspecified atom stereocenters. The van der Waals surface area contributed by atoms with E-state index in [0.29, 0.717) is 30.6 Å². The van der Waals surface area contributed by atoms with Crippen LogP contribution >= 0.6 is 11.6 Å². The minimum absolute atomic E-state index is 0.0708. The van der Waals surface area contributed by atoms with Crippen molar-refractivity contribution in [2.75, 3.05) is 6.61 Å². The monoisotopic (exact) mass is 528 g/mol. The lowest BCUT2D eigenvalue weighted by atomic mass is 9.94. The van der Waals surface area contributed by atoms with Gasteiger partial charge in [-0.1, -0.05) is 31.0 Å². The Bertz CT molecular complexity index is 1330. The Labute approximate surface area is 208 Å². The Balaban J connectivity index is 1.82. The third kappa shape index (κ3) is 6.04. The number of carboxylic acids is 1. The predicted molar refractivity (Wildman–Crippen MR) is 126 cm³/mol. The number of aliphatic carboxylic acids is 1. The summed E-state index contributed by atoms with van der Waals surface area (Å²) in [6, 6.07) is 5.80. The van der Waals surface area contributed by atoms with Crippen molar-refractivity contribution in [3.8, 4) is 17.2 Å². The Hall–Kier alpha value is -3.40. The molecular weight excluding hydrogens is 505 g/mol. The summed E-state index contributed by atoms with van der Waals surface area (Å²) in [5.41, 5.74) is -2.73. The minimum atomic E-state index is -5.03. The van der Waals surface area contributed by atoms with Gasteiger partial charge in [-0.05, 0) is 55.0 Å². The highest BCUT2D eigenvalue weighted by Crippen LogP contribution is 2.43. The van der Waals surface area contributed by atoms with Gasteiger partial charge in [0, 0.05) is 10.9 Å². The molecule has 1 heterocycles. The van der Waals surface area contributed by atoms with Crippen molar-refractivity contribution in [2.45, 2.75) is 51.6 Å². The lowest BCUT2D eigenvalue weighted by Crippen LogP contribution is -2.14. The highest BCUT2D eigenvalue weighted by molar-refractivity contribution is 6.32. The van der Waals surface area contributed by atoms with Gasteiger partial charge in [-0.25, -0.2) is 4.79 Å². The van der Waals surface area contributed by atoms with E-state index in [-0.39, 0.29) is 53.4 Å². The molecule has 1 aromatic heterocycles.